The standard InChI is InChI=1S/C55H33N5/c56-34-35-20-22-36(23-21-35)49-33-50-46-18-8-7-17-45(46)48(32-51(50)47-19-10-28-57-52(47)49)43-27-26-41-29-40(24-25-42(41)30-43)39-15-9-16-44(31-39)55-59-53(37-11-3-1-4-12-37)58-54(60-55)38-13-5-2-6-14-38/h1-33H. The van der Waals surface area contributed by atoms with Gasteiger partial charge in [-0.05, 0) is 109 Å². The molecule has 0 saturated heterocycles. The van der Waals surface area contributed by atoms with Crippen LogP contribution in [0.4, 0.5) is 0 Å². The van der Waals surface area contributed by atoms with Crippen LogP contribution in [-0.2, 0) is 0 Å². The largest absolute Gasteiger partial charge is 0.256 e. The highest BCUT2D eigenvalue weighted by Crippen LogP contribution is 2.42. The molecule has 2 heterocycles. The average molecular weight is 764 g/mol. The van der Waals surface area contributed by atoms with E-state index in [2.05, 4.69) is 109 Å². The molecule has 0 radical (unpaired) electrons. The van der Waals surface area contributed by atoms with E-state index in [-0.39, 0.29) is 0 Å². The Morgan fingerprint density at radius 2 is 0.850 bits per heavy atom. The predicted molar refractivity (Wildman–Crippen MR) is 245 cm³/mol. The molecule has 2 aromatic heterocycles. The Hall–Kier alpha value is -8.33. The van der Waals surface area contributed by atoms with E-state index < -0.39 is 0 Å². The number of nitrogens with zero attached hydrogens (tertiary/aromatic N) is 5. The highest BCUT2D eigenvalue weighted by molar-refractivity contribution is 6.23. The second-order valence-electron chi connectivity index (χ2n) is 15.0. The van der Waals surface area contributed by atoms with Crippen molar-refractivity contribution in [2.24, 2.45) is 0 Å². The van der Waals surface area contributed by atoms with E-state index in [9.17, 15) is 5.26 Å². The lowest BCUT2D eigenvalue weighted by molar-refractivity contribution is 1.07. The summed E-state index contributed by atoms with van der Waals surface area (Å²) >= 11 is 0. The monoisotopic (exact) mass is 763 g/mol. The number of benzene rings is 9. The highest BCUT2D eigenvalue weighted by Gasteiger charge is 2.17. The van der Waals surface area contributed by atoms with Crippen LogP contribution in [0.1, 0.15) is 5.56 Å². The summed E-state index contributed by atoms with van der Waals surface area (Å²) in [5.41, 5.74) is 11.0. The summed E-state index contributed by atoms with van der Waals surface area (Å²) in [4.78, 5) is 19.7. The fourth-order valence-electron chi connectivity index (χ4n) is 8.38. The maximum Gasteiger partial charge on any atom is 0.164 e. The van der Waals surface area contributed by atoms with Crippen molar-refractivity contribution in [3.8, 4) is 73.6 Å². The zero-order chi connectivity index (χ0) is 40.0. The van der Waals surface area contributed by atoms with Crippen molar-refractivity contribution in [3.05, 3.63) is 206 Å². The van der Waals surface area contributed by atoms with E-state index in [1.807, 2.05) is 97.2 Å². The molecular formula is C55H33N5. The molecule has 0 aliphatic carbocycles. The molecular weight excluding hydrogens is 731 g/mol. The van der Waals surface area contributed by atoms with E-state index in [1.54, 1.807) is 0 Å². The third-order valence-electron chi connectivity index (χ3n) is 11.4. The molecule has 0 bridgehead atoms. The summed E-state index contributed by atoms with van der Waals surface area (Å²) in [6.07, 6.45) is 1.85. The third-order valence-corrected chi connectivity index (χ3v) is 11.4. The molecule has 0 saturated carbocycles. The fourth-order valence-corrected chi connectivity index (χ4v) is 8.38. The van der Waals surface area contributed by atoms with Gasteiger partial charge in [0.1, 0.15) is 0 Å². The molecule has 0 unspecified atom stereocenters. The number of fused-ring (bicyclic) bond motifs is 6. The summed E-state index contributed by atoms with van der Waals surface area (Å²) in [6, 6.07) is 69.5. The second kappa shape index (κ2) is 14.6. The molecule has 0 N–H and O–H groups in total. The molecule has 0 fully saturated rings. The Morgan fingerprint density at radius 1 is 0.333 bits per heavy atom. The quantitative estimate of drug-likeness (QED) is 0.158. The van der Waals surface area contributed by atoms with E-state index >= 15 is 0 Å². The van der Waals surface area contributed by atoms with Crippen LogP contribution in [0.15, 0.2) is 200 Å². The molecule has 0 spiro atoms. The van der Waals surface area contributed by atoms with Gasteiger partial charge in [0.2, 0.25) is 0 Å². The molecule has 0 atom stereocenters. The van der Waals surface area contributed by atoms with Crippen LogP contribution in [0.25, 0.3) is 111 Å². The average Bonchev–Trinajstić information content (AvgIpc) is 3.33. The topological polar surface area (TPSA) is 75.3 Å². The van der Waals surface area contributed by atoms with Crippen LogP contribution in [0, 0.1) is 11.3 Å². The van der Waals surface area contributed by atoms with Gasteiger partial charge in [0.05, 0.1) is 17.1 Å². The first-order valence-corrected chi connectivity index (χ1v) is 19.9. The number of nitriles is 1. The highest BCUT2D eigenvalue weighted by atomic mass is 15.0. The smallest absolute Gasteiger partial charge is 0.164 e. The van der Waals surface area contributed by atoms with Crippen LogP contribution in [0.2, 0.25) is 0 Å². The van der Waals surface area contributed by atoms with Crippen LogP contribution >= 0.6 is 0 Å². The molecule has 9 aromatic carbocycles. The summed E-state index contributed by atoms with van der Waals surface area (Å²) in [5, 5.41) is 17.5. The van der Waals surface area contributed by atoms with Gasteiger partial charge < -0.3 is 0 Å². The van der Waals surface area contributed by atoms with Crippen molar-refractivity contribution < 1.29 is 0 Å². The SMILES string of the molecule is N#Cc1ccc(-c2cc3c4ccccc4c(-c4ccc5cc(-c6cccc(-c7nc(-c8ccccc8)nc(-c8ccccc8)n7)c6)ccc5c4)cc3c3cccnc23)cc1. The summed E-state index contributed by atoms with van der Waals surface area (Å²) in [7, 11) is 0. The van der Waals surface area contributed by atoms with Gasteiger partial charge in [-0.25, -0.2) is 15.0 Å². The number of aromatic nitrogens is 4. The molecule has 5 nitrogen and oxygen atoms in total. The van der Waals surface area contributed by atoms with Crippen molar-refractivity contribution in [3.63, 3.8) is 0 Å². The van der Waals surface area contributed by atoms with Gasteiger partial charge in [-0.15, -0.1) is 0 Å². The van der Waals surface area contributed by atoms with Crippen LogP contribution < -0.4 is 0 Å². The number of pyridine rings is 1. The minimum atomic E-state index is 0.631. The Kier molecular flexibility index (Phi) is 8.46. The first kappa shape index (κ1) is 34.9. The lowest BCUT2D eigenvalue weighted by atomic mass is 9.88. The Labute approximate surface area is 346 Å². The van der Waals surface area contributed by atoms with E-state index in [0.29, 0.717) is 23.0 Å². The molecule has 278 valence electrons. The first-order valence-electron chi connectivity index (χ1n) is 19.9. The van der Waals surface area contributed by atoms with Crippen LogP contribution in [0.5, 0.6) is 0 Å². The van der Waals surface area contributed by atoms with Gasteiger partial charge in [0.25, 0.3) is 0 Å². The van der Waals surface area contributed by atoms with Gasteiger partial charge >= 0.3 is 0 Å². The molecule has 11 aromatic rings. The van der Waals surface area contributed by atoms with Crippen LogP contribution in [-0.4, -0.2) is 19.9 Å². The maximum absolute atomic E-state index is 9.42. The molecule has 0 aliphatic rings. The summed E-state index contributed by atoms with van der Waals surface area (Å²) in [6.45, 7) is 0. The summed E-state index contributed by atoms with van der Waals surface area (Å²) < 4.78 is 0. The van der Waals surface area contributed by atoms with Crippen molar-refractivity contribution in [1.29, 1.82) is 5.26 Å². The third kappa shape index (κ3) is 6.21. The van der Waals surface area contributed by atoms with Gasteiger partial charge in [-0.1, -0.05) is 146 Å². The Balaban J connectivity index is 0.990. The minimum Gasteiger partial charge on any atom is -0.256 e. The first-order chi connectivity index (χ1) is 29.7. The lowest BCUT2D eigenvalue weighted by Crippen LogP contribution is -2.00. The van der Waals surface area contributed by atoms with E-state index in [4.69, 9.17) is 19.9 Å². The van der Waals surface area contributed by atoms with Crippen LogP contribution in [0.3, 0.4) is 0 Å². The van der Waals surface area contributed by atoms with Crippen molar-refractivity contribution in [2.45, 2.75) is 0 Å². The van der Waals surface area contributed by atoms with Gasteiger partial charge in [0, 0.05) is 33.8 Å². The minimum absolute atomic E-state index is 0.631. The zero-order valence-corrected chi connectivity index (χ0v) is 32.3. The lowest BCUT2D eigenvalue weighted by Gasteiger charge is -2.16. The van der Waals surface area contributed by atoms with Crippen molar-refractivity contribution in [2.75, 3.05) is 0 Å². The summed E-state index contributed by atoms with van der Waals surface area (Å²) in [5.74, 6) is 1.91. The molecule has 0 aliphatic heterocycles. The fraction of sp³-hybridized carbons (Fsp3) is 0. The zero-order valence-electron chi connectivity index (χ0n) is 32.3. The Bertz CT molecular complexity index is 3420. The second-order valence-corrected chi connectivity index (χ2v) is 15.0. The maximum atomic E-state index is 9.42. The van der Waals surface area contributed by atoms with Gasteiger partial charge in [-0.3, -0.25) is 4.98 Å². The number of rotatable bonds is 6. The molecule has 0 amide bonds. The molecule has 11 rings (SSSR count). The normalized spacial score (nSPS) is 11.3. The van der Waals surface area contributed by atoms with E-state index in [0.717, 1.165) is 71.6 Å². The van der Waals surface area contributed by atoms with Crippen molar-refractivity contribution in [1.82, 2.24) is 19.9 Å². The van der Waals surface area contributed by atoms with Gasteiger partial charge in [-0.2, -0.15) is 5.26 Å². The van der Waals surface area contributed by atoms with E-state index in [1.165, 1.54) is 21.7 Å². The number of hydrogen-bond donors (Lipinski definition) is 0. The van der Waals surface area contributed by atoms with Gasteiger partial charge in [0.15, 0.2) is 17.5 Å². The molecule has 5 heteroatoms. The number of hydrogen-bond acceptors (Lipinski definition) is 5. The Morgan fingerprint density at radius 3 is 1.55 bits per heavy atom. The predicted octanol–water partition coefficient (Wildman–Crippen LogP) is 13.8. The molecule has 60 heavy (non-hydrogen) atoms. The van der Waals surface area contributed by atoms with Crippen molar-refractivity contribution >= 4 is 43.2 Å².